The van der Waals surface area contributed by atoms with Crippen LogP contribution in [0.15, 0.2) is 72.8 Å². The third-order valence-corrected chi connectivity index (χ3v) is 9.44. The molecule has 38 heavy (non-hydrogen) atoms. The Bertz CT molecular complexity index is 1220. The summed E-state index contributed by atoms with van der Waals surface area (Å²) in [5.41, 5.74) is 6.67. The number of piperazine rings is 1. The fourth-order valence-electron chi connectivity index (χ4n) is 7.33. The highest BCUT2D eigenvalue weighted by molar-refractivity contribution is 5.54. The van der Waals surface area contributed by atoms with E-state index in [1.165, 1.54) is 53.5 Å². The Kier molecular flexibility index (Phi) is 7.51. The number of anilines is 1. The summed E-state index contributed by atoms with van der Waals surface area (Å²) in [5.74, 6) is 1.89. The van der Waals surface area contributed by atoms with Gasteiger partial charge in [-0.25, -0.2) is 0 Å². The van der Waals surface area contributed by atoms with Gasteiger partial charge in [-0.15, -0.1) is 0 Å². The summed E-state index contributed by atoms with van der Waals surface area (Å²) in [5, 5.41) is 10.1. The van der Waals surface area contributed by atoms with Gasteiger partial charge in [0.25, 0.3) is 0 Å². The number of aromatic hydroxyl groups is 1. The van der Waals surface area contributed by atoms with E-state index in [0.717, 1.165) is 52.0 Å². The van der Waals surface area contributed by atoms with Crippen LogP contribution < -0.4 is 4.90 Å². The number of phenolic OH excluding ortho intramolecular Hbond substituents is 1. The molecule has 2 fully saturated rings. The molecular formula is C34H40N2O2. The molecule has 0 bridgehead atoms. The number of rotatable bonds is 6. The van der Waals surface area contributed by atoms with Gasteiger partial charge in [0.1, 0.15) is 12.0 Å². The van der Waals surface area contributed by atoms with Crippen molar-refractivity contribution in [1.82, 2.24) is 4.90 Å². The Morgan fingerprint density at radius 3 is 2.34 bits per heavy atom. The van der Waals surface area contributed by atoms with Gasteiger partial charge in [-0.2, -0.15) is 0 Å². The van der Waals surface area contributed by atoms with E-state index >= 15 is 0 Å². The summed E-state index contributed by atoms with van der Waals surface area (Å²) < 4.78 is 0. The monoisotopic (exact) mass is 508 g/mol. The Labute approximate surface area is 227 Å². The molecule has 3 aliphatic rings. The minimum Gasteiger partial charge on any atom is -0.508 e. The highest BCUT2D eigenvalue weighted by Crippen LogP contribution is 2.47. The van der Waals surface area contributed by atoms with Gasteiger partial charge in [0.05, 0.1) is 0 Å². The molecule has 1 aliphatic heterocycles. The zero-order valence-electron chi connectivity index (χ0n) is 22.3. The third-order valence-electron chi connectivity index (χ3n) is 9.44. The average molecular weight is 509 g/mol. The van der Waals surface area contributed by atoms with Crippen molar-refractivity contribution < 1.29 is 9.90 Å². The molecular weight excluding hydrogens is 468 g/mol. The zero-order chi connectivity index (χ0) is 25.9. The van der Waals surface area contributed by atoms with Gasteiger partial charge in [-0.05, 0) is 84.0 Å². The normalized spacial score (nSPS) is 26.1. The minimum absolute atomic E-state index is 0.267. The summed E-state index contributed by atoms with van der Waals surface area (Å²) >= 11 is 0. The minimum atomic E-state index is 0.267. The van der Waals surface area contributed by atoms with Crippen LogP contribution in [0.3, 0.4) is 0 Å². The van der Waals surface area contributed by atoms with E-state index in [0.29, 0.717) is 17.6 Å². The number of carbonyl (C=O) groups excluding carboxylic acids is 1. The molecule has 1 N–H and O–H groups in total. The van der Waals surface area contributed by atoms with Crippen LogP contribution in [0.1, 0.15) is 66.2 Å². The fourth-order valence-corrected chi connectivity index (χ4v) is 7.33. The first-order chi connectivity index (χ1) is 18.7. The number of benzene rings is 3. The molecule has 1 heterocycles. The Hall–Kier alpha value is -3.11. The highest BCUT2D eigenvalue weighted by atomic mass is 16.3. The Balaban J connectivity index is 1.17. The molecule has 1 saturated carbocycles. The lowest BCUT2D eigenvalue weighted by molar-refractivity contribution is -0.113. The summed E-state index contributed by atoms with van der Waals surface area (Å²) in [6.45, 7) is 5.29. The lowest BCUT2D eigenvalue weighted by Crippen LogP contribution is -2.48. The second kappa shape index (κ2) is 11.3. The number of phenols is 1. The van der Waals surface area contributed by atoms with E-state index in [4.69, 9.17) is 0 Å². The van der Waals surface area contributed by atoms with Crippen molar-refractivity contribution in [2.24, 2.45) is 11.8 Å². The molecule has 0 spiro atoms. The van der Waals surface area contributed by atoms with Crippen LogP contribution in [0.4, 0.5) is 5.69 Å². The van der Waals surface area contributed by atoms with Crippen molar-refractivity contribution in [2.45, 2.75) is 50.4 Å². The van der Waals surface area contributed by atoms with Crippen molar-refractivity contribution in [1.29, 1.82) is 0 Å². The summed E-state index contributed by atoms with van der Waals surface area (Å²) in [7, 11) is 0. The molecule has 3 aromatic rings. The maximum atomic E-state index is 11.5. The maximum absolute atomic E-state index is 11.5. The number of aryl methyl sites for hydroxylation is 1. The molecule has 4 heteroatoms. The molecule has 1 saturated heterocycles. The summed E-state index contributed by atoms with van der Waals surface area (Å²) in [6.07, 6.45) is 8.08. The number of hydrogen-bond acceptors (Lipinski definition) is 4. The standard InChI is InChI=1S/C34H40N2O2/c37-24-29-9-5-4-8-28(29)23-35-18-20-36(21-19-35)30-13-10-26(11-14-30)34-32(25-6-2-1-3-7-25)16-12-27-22-31(38)15-17-33(27)34/h1-3,6-7,10-11,13-15,17,22,24,28-29,32,34,38H,4-5,8-9,12,16,18-21,23H2/t28-,29-,32+,34-/m0/s1. The van der Waals surface area contributed by atoms with Crippen LogP contribution in [0.2, 0.25) is 0 Å². The van der Waals surface area contributed by atoms with E-state index in [2.05, 4.69) is 70.5 Å². The van der Waals surface area contributed by atoms with Gasteiger partial charge in [0.15, 0.2) is 0 Å². The first-order valence-electron chi connectivity index (χ1n) is 14.6. The lowest BCUT2D eigenvalue weighted by atomic mass is 9.69. The second-order valence-electron chi connectivity index (χ2n) is 11.6. The number of fused-ring (bicyclic) bond motifs is 1. The van der Waals surface area contributed by atoms with Crippen LogP contribution in [0, 0.1) is 11.8 Å². The number of nitrogens with zero attached hydrogens (tertiary/aromatic N) is 2. The van der Waals surface area contributed by atoms with Gasteiger partial charge in [0.2, 0.25) is 0 Å². The van der Waals surface area contributed by atoms with Gasteiger partial charge < -0.3 is 14.8 Å². The van der Waals surface area contributed by atoms with Gasteiger partial charge in [0, 0.05) is 50.2 Å². The first kappa shape index (κ1) is 25.2. The number of carbonyl (C=O) groups is 1. The van der Waals surface area contributed by atoms with E-state index in [1.54, 1.807) is 0 Å². The smallest absolute Gasteiger partial charge is 0.123 e. The molecule has 0 aromatic heterocycles. The third kappa shape index (κ3) is 5.24. The topological polar surface area (TPSA) is 43.8 Å². The van der Waals surface area contributed by atoms with Gasteiger partial charge in [-0.3, -0.25) is 4.90 Å². The van der Waals surface area contributed by atoms with Crippen molar-refractivity contribution in [2.75, 3.05) is 37.6 Å². The number of aldehydes is 1. The molecule has 4 nitrogen and oxygen atoms in total. The molecule has 3 aromatic carbocycles. The van der Waals surface area contributed by atoms with Crippen LogP contribution in [0.25, 0.3) is 0 Å². The van der Waals surface area contributed by atoms with Crippen molar-refractivity contribution in [3.8, 4) is 5.75 Å². The molecule has 6 rings (SSSR count). The molecule has 0 radical (unpaired) electrons. The first-order valence-corrected chi connectivity index (χ1v) is 14.6. The fraction of sp³-hybridized carbons (Fsp3) is 0.441. The molecule has 198 valence electrons. The molecule has 2 aliphatic carbocycles. The molecule has 4 atom stereocenters. The molecule has 0 unspecified atom stereocenters. The van der Waals surface area contributed by atoms with E-state index in [9.17, 15) is 9.90 Å². The van der Waals surface area contributed by atoms with E-state index < -0.39 is 0 Å². The molecule has 0 amide bonds. The van der Waals surface area contributed by atoms with Crippen LogP contribution in [-0.2, 0) is 11.2 Å². The highest BCUT2D eigenvalue weighted by Gasteiger charge is 2.32. The Morgan fingerprint density at radius 1 is 0.816 bits per heavy atom. The SMILES string of the molecule is O=C[C@@H]1CCCC[C@H]1CN1CCN(c2ccc([C@@H]3c4ccc(O)cc4CC[C@@H]3c3ccccc3)cc2)CC1. The summed E-state index contributed by atoms with van der Waals surface area (Å²) in [6, 6.07) is 26.2. The number of hydrogen-bond donors (Lipinski definition) is 1. The predicted molar refractivity (Wildman–Crippen MR) is 154 cm³/mol. The summed E-state index contributed by atoms with van der Waals surface area (Å²) in [4.78, 5) is 16.6. The van der Waals surface area contributed by atoms with Gasteiger partial charge in [-0.1, -0.05) is 61.4 Å². The van der Waals surface area contributed by atoms with Crippen molar-refractivity contribution >= 4 is 12.0 Å². The van der Waals surface area contributed by atoms with Crippen molar-refractivity contribution in [3.05, 3.63) is 95.1 Å². The largest absolute Gasteiger partial charge is 0.508 e. The lowest BCUT2D eigenvalue weighted by Gasteiger charge is -2.39. The van der Waals surface area contributed by atoms with E-state index in [1.807, 2.05) is 12.1 Å². The van der Waals surface area contributed by atoms with Crippen LogP contribution in [-0.4, -0.2) is 49.0 Å². The average Bonchev–Trinajstić information content (AvgIpc) is 2.98. The van der Waals surface area contributed by atoms with Crippen LogP contribution in [0.5, 0.6) is 5.75 Å². The van der Waals surface area contributed by atoms with Crippen LogP contribution >= 0.6 is 0 Å². The Morgan fingerprint density at radius 2 is 1.58 bits per heavy atom. The quantitative estimate of drug-likeness (QED) is 0.392. The zero-order valence-corrected chi connectivity index (χ0v) is 22.3. The van der Waals surface area contributed by atoms with Gasteiger partial charge >= 0.3 is 0 Å². The van der Waals surface area contributed by atoms with Crippen molar-refractivity contribution in [3.63, 3.8) is 0 Å². The second-order valence-corrected chi connectivity index (χ2v) is 11.6. The maximum Gasteiger partial charge on any atom is 0.123 e. The predicted octanol–water partition coefficient (Wildman–Crippen LogP) is 6.38. The van der Waals surface area contributed by atoms with E-state index in [-0.39, 0.29) is 11.8 Å².